The molecule has 0 heterocycles. The maximum absolute atomic E-state index is 11.0. The minimum atomic E-state index is -0.123. The van der Waals surface area contributed by atoms with Gasteiger partial charge in [-0.05, 0) is 19.1 Å². The highest BCUT2D eigenvalue weighted by atomic mass is 16.5. The second-order valence-corrected chi connectivity index (χ2v) is 4.10. The van der Waals surface area contributed by atoms with Gasteiger partial charge in [0.1, 0.15) is 5.75 Å². The first-order valence-corrected chi connectivity index (χ1v) is 5.78. The molecule has 1 amide bonds. The first kappa shape index (κ1) is 14.3. The SMILES string of the molecule is COCC(C)Nc1ccc(NC(C)=O)c(OC)c1. The molecule has 5 heteroatoms. The molecule has 1 rings (SSSR count). The highest BCUT2D eigenvalue weighted by molar-refractivity contribution is 5.90. The Morgan fingerprint density at radius 3 is 2.67 bits per heavy atom. The highest BCUT2D eigenvalue weighted by Crippen LogP contribution is 2.28. The predicted molar refractivity (Wildman–Crippen MR) is 72.3 cm³/mol. The molecule has 0 aliphatic rings. The summed E-state index contributed by atoms with van der Waals surface area (Å²) in [5.74, 6) is 0.501. The maximum Gasteiger partial charge on any atom is 0.221 e. The number of benzene rings is 1. The van der Waals surface area contributed by atoms with Crippen molar-refractivity contribution in [2.45, 2.75) is 19.9 Å². The normalized spacial score (nSPS) is 11.8. The van der Waals surface area contributed by atoms with E-state index in [1.54, 1.807) is 14.2 Å². The van der Waals surface area contributed by atoms with Crippen LogP contribution in [0.15, 0.2) is 18.2 Å². The molecule has 0 spiro atoms. The van der Waals surface area contributed by atoms with Crippen molar-refractivity contribution in [3.05, 3.63) is 18.2 Å². The van der Waals surface area contributed by atoms with E-state index in [4.69, 9.17) is 9.47 Å². The zero-order chi connectivity index (χ0) is 13.5. The molecule has 0 saturated carbocycles. The Labute approximate surface area is 107 Å². The summed E-state index contributed by atoms with van der Waals surface area (Å²) < 4.78 is 10.3. The monoisotopic (exact) mass is 252 g/mol. The van der Waals surface area contributed by atoms with Gasteiger partial charge >= 0.3 is 0 Å². The summed E-state index contributed by atoms with van der Waals surface area (Å²) >= 11 is 0. The van der Waals surface area contributed by atoms with Gasteiger partial charge in [-0.1, -0.05) is 0 Å². The molecule has 18 heavy (non-hydrogen) atoms. The Bertz CT molecular complexity index is 407. The standard InChI is InChI=1S/C13H20N2O3/c1-9(8-17-3)14-11-5-6-12(15-10(2)16)13(7-11)18-4/h5-7,9,14H,8H2,1-4H3,(H,15,16). The summed E-state index contributed by atoms with van der Waals surface area (Å²) in [5, 5.41) is 5.99. The minimum absolute atomic E-state index is 0.123. The van der Waals surface area contributed by atoms with Crippen molar-refractivity contribution in [1.82, 2.24) is 0 Å². The zero-order valence-electron chi connectivity index (χ0n) is 11.2. The molecule has 0 aliphatic carbocycles. The van der Waals surface area contributed by atoms with Crippen molar-refractivity contribution >= 4 is 17.3 Å². The minimum Gasteiger partial charge on any atom is -0.494 e. The fourth-order valence-corrected chi connectivity index (χ4v) is 1.65. The summed E-state index contributed by atoms with van der Waals surface area (Å²) in [6.07, 6.45) is 0. The highest BCUT2D eigenvalue weighted by Gasteiger charge is 2.07. The van der Waals surface area contributed by atoms with Gasteiger partial charge in [-0.3, -0.25) is 4.79 Å². The molecule has 0 aliphatic heterocycles. The van der Waals surface area contributed by atoms with Crippen molar-refractivity contribution in [2.75, 3.05) is 31.5 Å². The van der Waals surface area contributed by atoms with Crippen LogP contribution in [0.25, 0.3) is 0 Å². The van der Waals surface area contributed by atoms with Crippen LogP contribution in [0.5, 0.6) is 5.75 Å². The van der Waals surface area contributed by atoms with Gasteiger partial charge in [0.25, 0.3) is 0 Å². The second kappa shape index (κ2) is 6.86. The Hall–Kier alpha value is -1.75. The third-order valence-corrected chi connectivity index (χ3v) is 2.34. The number of hydrogen-bond donors (Lipinski definition) is 2. The molecule has 2 N–H and O–H groups in total. The molecule has 100 valence electrons. The molecule has 0 bridgehead atoms. The van der Waals surface area contributed by atoms with Crippen LogP contribution in [0.4, 0.5) is 11.4 Å². The van der Waals surface area contributed by atoms with E-state index in [1.807, 2.05) is 25.1 Å². The molecular formula is C13H20N2O3. The van der Waals surface area contributed by atoms with Gasteiger partial charge < -0.3 is 20.1 Å². The van der Waals surface area contributed by atoms with Crippen molar-refractivity contribution in [1.29, 1.82) is 0 Å². The van der Waals surface area contributed by atoms with Gasteiger partial charge in [-0.2, -0.15) is 0 Å². The lowest BCUT2D eigenvalue weighted by atomic mass is 10.2. The summed E-state index contributed by atoms with van der Waals surface area (Å²) in [5.41, 5.74) is 1.58. The fourth-order valence-electron chi connectivity index (χ4n) is 1.65. The summed E-state index contributed by atoms with van der Waals surface area (Å²) in [6, 6.07) is 5.74. The van der Waals surface area contributed by atoms with Crippen LogP contribution in [-0.4, -0.2) is 32.8 Å². The molecule has 0 aromatic heterocycles. The van der Waals surface area contributed by atoms with Crippen LogP contribution in [0, 0.1) is 0 Å². The van der Waals surface area contributed by atoms with Crippen molar-refractivity contribution in [3.63, 3.8) is 0 Å². The first-order chi connectivity index (χ1) is 8.56. The third kappa shape index (κ3) is 4.25. The quantitative estimate of drug-likeness (QED) is 0.814. The molecule has 5 nitrogen and oxygen atoms in total. The van der Waals surface area contributed by atoms with Crippen LogP contribution in [0.3, 0.4) is 0 Å². The number of carbonyl (C=O) groups is 1. The van der Waals surface area contributed by atoms with E-state index >= 15 is 0 Å². The van der Waals surface area contributed by atoms with Gasteiger partial charge in [-0.15, -0.1) is 0 Å². The number of nitrogens with one attached hydrogen (secondary N) is 2. The lowest BCUT2D eigenvalue weighted by Gasteiger charge is -2.16. The lowest BCUT2D eigenvalue weighted by molar-refractivity contribution is -0.114. The number of rotatable bonds is 6. The molecule has 1 aromatic carbocycles. The molecule has 1 unspecified atom stereocenters. The number of methoxy groups -OCH3 is 2. The second-order valence-electron chi connectivity index (χ2n) is 4.10. The Kier molecular flexibility index (Phi) is 5.45. The summed E-state index contributed by atoms with van der Waals surface area (Å²) in [4.78, 5) is 11.0. The maximum atomic E-state index is 11.0. The first-order valence-electron chi connectivity index (χ1n) is 5.78. The van der Waals surface area contributed by atoms with Crippen LogP contribution >= 0.6 is 0 Å². The lowest BCUT2D eigenvalue weighted by Crippen LogP contribution is -2.20. The van der Waals surface area contributed by atoms with E-state index in [0.29, 0.717) is 18.0 Å². The van der Waals surface area contributed by atoms with E-state index in [-0.39, 0.29) is 11.9 Å². The van der Waals surface area contributed by atoms with Gasteiger partial charge in [0.2, 0.25) is 5.91 Å². The van der Waals surface area contributed by atoms with Gasteiger partial charge in [0.15, 0.2) is 0 Å². The molecular weight excluding hydrogens is 232 g/mol. The van der Waals surface area contributed by atoms with Crippen LogP contribution < -0.4 is 15.4 Å². The number of anilines is 2. The Morgan fingerprint density at radius 2 is 2.11 bits per heavy atom. The van der Waals surface area contributed by atoms with E-state index < -0.39 is 0 Å². The zero-order valence-corrected chi connectivity index (χ0v) is 11.2. The summed E-state index contributed by atoms with van der Waals surface area (Å²) in [7, 11) is 3.24. The molecule has 1 aromatic rings. The van der Waals surface area contributed by atoms with Crippen LogP contribution in [0.1, 0.15) is 13.8 Å². The van der Waals surface area contributed by atoms with E-state index in [1.165, 1.54) is 6.92 Å². The van der Waals surface area contributed by atoms with Gasteiger partial charge in [0, 0.05) is 31.8 Å². The summed E-state index contributed by atoms with van der Waals surface area (Å²) in [6.45, 7) is 4.11. The Morgan fingerprint density at radius 1 is 1.39 bits per heavy atom. The average molecular weight is 252 g/mol. The molecule has 0 fully saturated rings. The largest absolute Gasteiger partial charge is 0.494 e. The fraction of sp³-hybridized carbons (Fsp3) is 0.462. The number of carbonyl (C=O) groups excluding carboxylic acids is 1. The van der Waals surface area contributed by atoms with Crippen LogP contribution in [-0.2, 0) is 9.53 Å². The number of hydrogen-bond acceptors (Lipinski definition) is 4. The smallest absolute Gasteiger partial charge is 0.221 e. The molecule has 1 atom stereocenters. The van der Waals surface area contributed by atoms with E-state index in [9.17, 15) is 4.79 Å². The number of amides is 1. The van der Waals surface area contributed by atoms with Crippen molar-refractivity contribution in [3.8, 4) is 5.75 Å². The average Bonchev–Trinajstić information content (AvgIpc) is 2.30. The molecule has 0 radical (unpaired) electrons. The molecule has 0 saturated heterocycles. The predicted octanol–water partition coefficient (Wildman–Crippen LogP) is 2.10. The Balaban J connectivity index is 2.81. The van der Waals surface area contributed by atoms with Crippen LogP contribution in [0.2, 0.25) is 0 Å². The van der Waals surface area contributed by atoms with Gasteiger partial charge in [0.05, 0.1) is 19.4 Å². The topological polar surface area (TPSA) is 59.6 Å². The number of ether oxygens (including phenoxy) is 2. The van der Waals surface area contributed by atoms with Crippen molar-refractivity contribution in [2.24, 2.45) is 0 Å². The van der Waals surface area contributed by atoms with E-state index in [2.05, 4.69) is 10.6 Å². The third-order valence-electron chi connectivity index (χ3n) is 2.34. The van der Waals surface area contributed by atoms with Gasteiger partial charge in [-0.25, -0.2) is 0 Å². The van der Waals surface area contributed by atoms with Crippen molar-refractivity contribution < 1.29 is 14.3 Å². The van der Waals surface area contributed by atoms with E-state index in [0.717, 1.165) is 5.69 Å².